The first-order valence-corrected chi connectivity index (χ1v) is 7.24. The van der Waals surface area contributed by atoms with Crippen LogP contribution in [0.5, 0.6) is 17.2 Å². The molecule has 0 atom stereocenters. The maximum atomic E-state index is 5.34. The summed E-state index contributed by atoms with van der Waals surface area (Å²) in [7, 11) is 7.07. The van der Waals surface area contributed by atoms with Gasteiger partial charge in [-0.15, -0.1) is 0 Å². The SMILES string of the molecule is COc1cccc(N(C)CCc2ccc(OC)c(OC)c2)c1. The summed E-state index contributed by atoms with van der Waals surface area (Å²) in [5.74, 6) is 2.40. The van der Waals surface area contributed by atoms with Crippen molar-refractivity contribution >= 4 is 5.69 Å². The van der Waals surface area contributed by atoms with Crippen molar-refractivity contribution in [3.8, 4) is 17.2 Å². The van der Waals surface area contributed by atoms with Crippen molar-refractivity contribution in [1.29, 1.82) is 0 Å². The molecule has 0 aliphatic rings. The lowest BCUT2D eigenvalue weighted by molar-refractivity contribution is 0.354. The van der Waals surface area contributed by atoms with E-state index in [1.807, 2.05) is 30.3 Å². The first-order valence-electron chi connectivity index (χ1n) is 7.24. The van der Waals surface area contributed by atoms with Crippen LogP contribution in [0.3, 0.4) is 0 Å². The quantitative estimate of drug-likeness (QED) is 0.784. The molecule has 0 saturated carbocycles. The number of hydrogen-bond acceptors (Lipinski definition) is 4. The molecule has 2 aromatic rings. The third kappa shape index (κ3) is 3.85. The molecule has 0 amide bonds. The van der Waals surface area contributed by atoms with Crippen LogP contribution in [0.4, 0.5) is 5.69 Å². The fourth-order valence-corrected chi connectivity index (χ4v) is 2.31. The van der Waals surface area contributed by atoms with Crippen LogP contribution in [0, 0.1) is 0 Å². The normalized spacial score (nSPS) is 10.2. The molecule has 118 valence electrons. The summed E-state index contributed by atoms with van der Waals surface area (Å²) in [4.78, 5) is 2.21. The molecule has 0 aromatic heterocycles. The van der Waals surface area contributed by atoms with Crippen LogP contribution in [0.2, 0.25) is 0 Å². The van der Waals surface area contributed by atoms with Gasteiger partial charge in [-0.2, -0.15) is 0 Å². The van der Waals surface area contributed by atoms with E-state index in [1.165, 1.54) is 5.56 Å². The van der Waals surface area contributed by atoms with Gasteiger partial charge in [-0.3, -0.25) is 0 Å². The second-order valence-corrected chi connectivity index (χ2v) is 5.06. The zero-order valence-electron chi connectivity index (χ0n) is 13.6. The summed E-state index contributed by atoms with van der Waals surface area (Å²) in [6.07, 6.45) is 0.925. The number of methoxy groups -OCH3 is 3. The Morgan fingerprint density at radius 1 is 0.864 bits per heavy atom. The number of anilines is 1. The summed E-state index contributed by atoms with van der Waals surface area (Å²) >= 11 is 0. The van der Waals surface area contributed by atoms with Gasteiger partial charge in [0.25, 0.3) is 0 Å². The van der Waals surface area contributed by atoms with Crippen molar-refractivity contribution in [3.63, 3.8) is 0 Å². The Kier molecular flexibility index (Phi) is 5.53. The summed E-state index contributed by atoms with van der Waals surface area (Å²) in [6, 6.07) is 14.1. The highest BCUT2D eigenvalue weighted by Crippen LogP contribution is 2.28. The predicted octanol–water partition coefficient (Wildman–Crippen LogP) is 3.39. The van der Waals surface area contributed by atoms with Gasteiger partial charge < -0.3 is 19.1 Å². The van der Waals surface area contributed by atoms with Crippen LogP contribution in [0.1, 0.15) is 5.56 Å². The van der Waals surface area contributed by atoms with Gasteiger partial charge in [-0.05, 0) is 36.2 Å². The maximum absolute atomic E-state index is 5.34. The van der Waals surface area contributed by atoms with E-state index in [9.17, 15) is 0 Å². The molecule has 2 aromatic carbocycles. The number of nitrogens with zero attached hydrogens (tertiary/aromatic N) is 1. The van der Waals surface area contributed by atoms with Crippen molar-refractivity contribution in [2.24, 2.45) is 0 Å². The van der Waals surface area contributed by atoms with Crippen molar-refractivity contribution in [3.05, 3.63) is 48.0 Å². The van der Waals surface area contributed by atoms with Crippen LogP contribution in [0.25, 0.3) is 0 Å². The summed E-state index contributed by atoms with van der Waals surface area (Å²) in [5, 5.41) is 0. The van der Waals surface area contributed by atoms with Gasteiger partial charge in [-0.1, -0.05) is 12.1 Å². The van der Waals surface area contributed by atoms with Crippen molar-refractivity contribution < 1.29 is 14.2 Å². The molecule has 0 fully saturated rings. The van der Waals surface area contributed by atoms with E-state index in [-0.39, 0.29) is 0 Å². The number of likely N-dealkylation sites (N-methyl/N-ethyl adjacent to an activating group) is 1. The lowest BCUT2D eigenvalue weighted by Crippen LogP contribution is -2.20. The fourth-order valence-electron chi connectivity index (χ4n) is 2.31. The molecule has 0 radical (unpaired) electrons. The zero-order chi connectivity index (χ0) is 15.9. The minimum atomic E-state index is 0.757. The first kappa shape index (κ1) is 16.0. The van der Waals surface area contributed by atoms with Crippen LogP contribution in [-0.2, 0) is 6.42 Å². The minimum absolute atomic E-state index is 0.757. The first-order chi connectivity index (χ1) is 10.7. The second-order valence-electron chi connectivity index (χ2n) is 5.06. The molecular formula is C18H23NO3. The molecule has 0 aliphatic heterocycles. The van der Waals surface area contributed by atoms with Gasteiger partial charge >= 0.3 is 0 Å². The van der Waals surface area contributed by atoms with Gasteiger partial charge in [0.2, 0.25) is 0 Å². The lowest BCUT2D eigenvalue weighted by atomic mass is 10.1. The molecule has 0 heterocycles. The Morgan fingerprint density at radius 3 is 2.32 bits per heavy atom. The number of ether oxygens (including phenoxy) is 3. The molecule has 0 N–H and O–H groups in total. The Morgan fingerprint density at radius 2 is 1.64 bits per heavy atom. The largest absolute Gasteiger partial charge is 0.497 e. The average molecular weight is 301 g/mol. The molecule has 0 unspecified atom stereocenters. The summed E-state index contributed by atoms with van der Waals surface area (Å²) < 4.78 is 15.9. The van der Waals surface area contributed by atoms with Crippen LogP contribution in [0.15, 0.2) is 42.5 Å². The van der Waals surface area contributed by atoms with Gasteiger partial charge in [-0.25, -0.2) is 0 Å². The highest BCUT2D eigenvalue weighted by Gasteiger charge is 2.07. The van der Waals surface area contributed by atoms with Crippen molar-refractivity contribution in [2.75, 3.05) is 39.8 Å². The molecular weight excluding hydrogens is 278 g/mol. The summed E-state index contributed by atoms with van der Waals surface area (Å²) in [5.41, 5.74) is 2.35. The molecule has 4 heteroatoms. The Hall–Kier alpha value is -2.36. The predicted molar refractivity (Wildman–Crippen MR) is 89.5 cm³/mol. The monoisotopic (exact) mass is 301 g/mol. The lowest BCUT2D eigenvalue weighted by Gasteiger charge is -2.20. The molecule has 4 nitrogen and oxygen atoms in total. The number of rotatable bonds is 7. The Bertz CT molecular complexity index is 613. The molecule has 0 aliphatic carbocycles. The third-order valence-corrected chi connectivity index (χ3v) is 3.68. The van der Waals surface area contributed by atoms with Gasteiger partial charge in [0.15, 0.2) is 11.5 Å². The fraction of sp³-hybridized carbons (Fsp3) is 0.333. The summed E-state index contributed by atoms with van der Waals surface area (Å²) in [6.45, 7) is 0.905. The van der Waals surface area contributed by atoms with Gasteiger partial charge in [0.1, 0.15) is 5.75 Å². The Labute approximate surface area is 132 Å². The van der Waals surface area contributed by atoms with Crippen LogP contribution in [-0.4, -0.2) is 34.9 Å². The molecule has 0 spiro atoms. The smallest absolute Gasteiger partial charge is 0.160 e. The highest BCUT2D eigenvalue weighted by atomic mass is 16.5. The van der Waals surface area contributed by atoms with Crippen LogP contribution < -0.4 is 19.1 Å². The van der Waals surface area contributed by atoms with E-state index in [0.717, 1.165) is 35.9 Å². The van der Waals surface area contributed by atoms with E-state index in [4.69, 9.17) is 14.2 Å². The third-order valence-electron chi connectivity index (χ3n) is 3.68. The van der Waals surface area contributed by atoms with Gasteiger partial charge in [0, 0.05) is 25.3 Å². The standard InChI is InChI=1S/C18H23NO3/c1-19(15-6-5-7-16(13-15)20-2)11-10-14-8-9-17(21-3)18(12-14)22-4/h5-9,12-13H,10-11H2,1-4H3. The van der Waals surface area contributed by atoms with E-state index >= 15 is 0 Å². The molecule has 22 heavy (non-hydrogen) atoms. The number of hydrogen-bond donors (Lipinski definition) is 0. The minimum Gasteiger partial charge on any atom is -0.497 e. The molecule has 0 bridgehead atoms. The van der Waals surface area contributed by atoms with E-state index in [2.05, 4.69) is 24.1 Å². The van der Waals surface area contributed by atoms with Crippen molar-refractivity contribution in [1.82, 2.24) is 0 Å². The van der Waals surface area contributed by atoms with E-state index in [1.54, 1.807) is 21.3 Å². The molecule has 2 rings (SSSR count). The maximum Gasteiger partial charge on any atom is 0.160 e. The Balaban J connectivity index is 2.02. The van der Waals surface area contributed by atoms with Gasteiger partial charge in [0.05, 0.1) is 21.3 Å². The molecule has 0 saturated heterocycles. The highest BCUT2D eigenvalue weighted by molar-refractivity contribution is 5.50. The van der Waals surface area contributed by atoms with E-state index in [0.29, 0.717) is 0 Å². The zero-order valence-corrected chi connectivity index (χ0v) is 13.6. The topological polar surface area (TPSA) is 30.9 Å². The number of benzene rings is 2. The average Bonchev–Trinajstić information content (AvgIpc) is 2.59. The van der Waals surface area contributed by atoms with Crippen LogP contribution >= 0.6 is 0 Å². The van der Waals surface area contributed by atoms with Crippen molar-refractivity contribution in [2.45, 2.75) is 6.42 Å². The second kappa shape index (κ2) is 7.59. The van der Waals surface area contributed by atoms with E-state index < -0.39 is 0 Å².